The molecule has 2 atom stereocenters. The monoisotopic (exact) mass is 220 g/mol. The first-order valence-corrected chi connectivity index (χ1v) is 5.20. The van der Waals surface area contributed by atoms with E-state index in [1.54, 1.807) is 0 Å². The Kier molecular flexibility index (Phi) is 2.15. The van der Waals surface area contributed by atoms with Gasteiger partial charge >= 0.3 is 0 Å². The molecule has 1 fully saturated rings. The first-order chi connectivity index (χ1) is 5.68. The molecule has 2 rings (SSSR count). The molecule has 12 heavy (non-hydrogen) atoms. The van der Waals surface area contributed by atoms with Crippen molar-refractivity contribution in [1.82, 2.24) is 0 Å². The number of halogens is 2. The molecule has 1 heterocycles. The highest BCUT2D eigenvalue weighted by Crippen LogP contribution is 2.51. The van der Waals surface area contributed by atoms with Gasteiger partial charge in [-0.15, -0.1) is 11.3 Å². The maximum atomic E-state index is 10.7. The molecule has 0 radical (unpaired) electrons. The summed E-state index contributed by atoms with van der Waals surface area (Å²) in [4.78, 5) is 11.9. The zero-order valence-electron chi connectivity index (χ0n) is 6.09. The van der Waals surface area contributed by atoms with Crippen LogP contribution in [0.4, 0.5) is 0 Å². The fourth-order valence-corrected chi connectivity index (χ4v) is 2.77. The van der Waals surface area contributed by atoms with E-state index in [9.17, 15) is 4.79 Å². The van der Waals surface area contributed by atoms with Gasteiger partial charge in [-0.25, -0.2) is 0 Å². The summed E-state index contributed by atoms with van der Waals surface area (Å²) >= 11 is 12.7. The van der Waals surface area contributed by atoms with E-state index in [1.165, 1.54) is 16.2 Å². The van der Waals surface area contributed by atoms with Crippen LogP contribution in [0, 0.1) is 5.92 Å². The first-order valence-electron chi connectivity index (χ1n) is 3.63. The Bertz CT molecular complexity index is 321. The van der Waals surface area contributed by atoms with Gasteiger partial charge in [0.15, 0.2) is 0 Å². The maximum Gasteiger partial charge on any atom is 0.225 e. The highest BCUT2D eigenvalue weighted by atomic mass is 35.5. The van der Waals surface area contributed by atoms with E-state index in [0.717, 1.165) is 10.8 Å². The van der Waals surface area contributed by atoms with Crippen LogP contribution in [0.1, 0.15) is 17.2 Å². The van der Waals surface area contributed by atoms with Gasteiger partial charge in [0.05, 0.1) is 4.34 Å². The SMILES string of the molecule is O=C(Cl)C1CC1c1ccc(Cl)s1. The molecule has 0 aromatic carbocycles. The molecule has 0 amide bonds. The molecular weight excluding hydrogens is 215 g/mol. The molecule has 1 saturated carbocycles. The van der Waals surface area contributed by atoms with E-state index in [1.807, 2.05) is 12.1 Å². The number of hydrogen-bond acceptors (Lipinski definition) is 2. The molecule has 2 unspecified atom stereocenters. The van der Waals surface area contributed by atoms with Crippen molar-refractivity contribution >= 4 is 39.8 Å². The van der Waals surface area contributed by atoms with Crippen molar-refractivity contribution in [1.29, 1.82) is 0 Å². The van der Waals surface area contributed by atoms with Crippen LogP contribution in [-0.4, -0.2) is 5.24 Å². The molecule has 1 nitrogen and oxygen atoms in total. The minimum atomic E-state index is -0.218. The highest BCUT2D eigenvalue weighted by molar-refractivity contribution is 7.16. The van der Waals surface area contributed by atoms with Crippen LogP contribution >= 0.6 is 34.5 Å². The molecular formula is C8H6Cl2OS. The Morgan fingerprint density at radius 1 is 1.58 bits per heavy atom. The quantitative estimate of drug-likeness (QED) is 0.700. The second-order valence-corrected chi connectivity index (χ2v) is 5.01. The summed E-state index contributed by atoms with van der Waals surface area (Å²) in [5.74, 6) is 0.383. The van der Waals surface area contributed by atoms with Crippen molar-refractivity contribution in [3.05, 3.63) is 21.3 Å². The fourth-order valence-electron chi connectivity index (χ4n) is 1.29. The highest BCUT2D eigenvalue weighted by Gasteiger charge is 2.43. The molecule has 1 aliphatic rings. The van der Waals surface area contributed by atoms with E-state index in [4.69, 9.17) is 23.2 Å². The summed E-state index contributed by atoms with van der Waals surface area (Å²) in [6.45, 7) is 0. The van der Waals surface area contributed by atoms with Crippen LogP contribution in [0.5, 0.6) is 0 Å². The normalized spacial score (nSPS) is 27.2. The van der Waals surface area contributed by atoms with Crippen molar-refractivity contribution < 1.29 is 4.79 Å². The van der Waals surface area contributed by atoms with Crippen molar-refractivity contribution in [2.45, 2.75) is 12.3 Å². The van der Waals surface area contributed by atoms with Gasteiger partial charge in [0, 0.05) is 16.7 Å². The third-order valence-electron chi connectivity index (χ3n) is 2.04. The second kappa shape index (κ2) is 3.02. The van der Waals surface area contributed by atoms with Gasteiger partial charge in [0.2, 0.25) is 5.24 Å². The van der Waals surface area contributed by atoms with Gasteiger partial charge in [0.1, 0.15) is 0 Å². The van der Waals surface area contributed by atoms with Gasteiger partial charge in [-0.2, -0.15) is 0 Å². The number of hydrogen-bond donors (Lipinski definition) is 0. The maximum absolute atomic E-state index is 10.7. The van der Waals surface area contributed by atoms with Gasteiger partial charge in [-0.1, -0.05) is 11.6 Å². The standard InChI is InChI=1S/C8H6Cl2OS/c9-7-2-1-6(12-7)4-3-5(4)8(10)11/h1-2,4-5H,3H2. The third kappa shape index (κ3) is 1.51. The predicted molar refractivity (Wildman–Crippen MR) is 51.0 cm³/mol. The summed E-state index contributed by atoms with van der Waals surface area (Å²) in [7, 11) is 0. The summed E-state index contributed by atoms with van der Waals surface area (Å²) in [5, 5.41) is -0.218. The van der Waals surface area contributed by atoms with Crippen LogP contribution in [0.3, 0.4) is 0 Å². The van der Waals surface area contributed by atoms with Crippen molar-refractivity contribution in [3.63, 3.8) is 0 Å². The summed E-state index contributed by atoms with van der Waals surface area (Å²) in [5.41, 5.74) is 0. The lowest BCUT2D eigenvalue weighted by Gasteiger charge is -1.88. The Hall–Kier alpha value is -0.0500. The molecule has 4 heteroatoms. The zero-order valence-corrected chi connectivity index (χ0v) is 8.42. The number of rotatable bonds is 2. The van der Waals surface area contributed by atoms with E-state index in [0.29, 0.717) is 5.92 Å². The molecule has 1 aromatic heterocycles. The van der Waals surface area contributed by atoms with Gasteiger partial charge in [-0.05, 0) is 30.2 Å². The number of carbonyl (C=O) groups is 1. The second-order valence-electron chi connectivity index (χ2n) is 2.89. The number of carbonyl (C=O) groups excluding carboxylic acids is 1. The topological polar surface area (TPSA) is 17.1 Å². The Balaban J connectivity index is 2.10. The Morgan fingerprint density at radius 2 is 2.33 bits per heavy atom. The Morgan fingerprint density at radius 3 is 2.75 bits per heavy atom. The average molecular weight is 221 g/mol. The molecule has 0 N–H and O–H groups in total. The molecule has 0 saturated heterocycles. The molecule has 0 spiro atoms. The van der Waals surface area contributed by atoms with E-state index < -0.39 is 0 Å². The summed E-state index contributed by atoms with van der Waals surface area (Å²) in [6.07, 6.45) is 0.888. The lowest BCUT2D eigenvalue weighted by Crippen LogP contribution is -1.89. The molecule has 1 aromatic rings. The zero-order chi connectivity index (χ0) is 8.72. The first kappa shape index (κ1) is 8.54. The Labute approximate surface area is 84.3 Å². The molecule has 0 aliphatic heterocycles. The third-order valence-corrected chi connectivity index (χ3v) is 3.68. The largest absolute Gasteiger partial charge is 0.281 e. The van der Waals surface area contributed by atoms with E-state index >= 15 is 0 Å². The average Bonchev–Trinajstić information content (AvgIpc) is 2.70. The van der Waals surface area contributed by atoms with E-state index in [-0.39, 0.29) is 11.2 Å². The minimum Gasteiger partial charge on any atom is -0.281 e. The molecule has 64 valence electrons. The number of thiophene rings is 1. The lowest BCUT2D eigenvalue weighted by atomic mass is 10.3. The lowest BCUT2D eigenvalue weighted by molar-refractivity contribution is -0.112. The molecule has 1 aliphatic carbocycles. The van der Waals surface area contributed by atoms with Crippen molar-refractivity contribution in [2.24, 2.45) is 5.92 Å². The van der Waals surface area contributed by atoms with Gasteiger partial charge < -0.3 is 0 Å². The van der Waals surface area contributed by atoms with Crippen LogP contribution in [0.25, 0.3) is 0 Å². The minimum absolute atomic E-state index is 0.0429. The van der Waals surface area contributed by atoms with Crippen LogP contribution < -0.4 is 0 Å². The smallest absolute Gasteiger partial charge is 0.225 e. The van der Waals surface area contributed by atoms with Crippen molar-refractivity contribution in [3.8, 4) is 0 Å². The summed E-state index contributed by atoms with van der Waals surface area (Å²) in [6, 6.07) is 3.83. The van der Waals surface area contributed by atoms with Crippen LogP contribution in [0.2, 0.25) is 4.34 Å². The molecule has 0 bridgehead atoms. The summed E-state index contributed by atoms with van der Waals surface area (Å²) < 4.78 is 0.776. The van der Waals surface area contributed by atoms with Crippen LogP contribution in [0.15, 0.2) is 12.1 Å². The van der Waals surface area contributed by atoms with Gasteiger partial charge in [0.25, 0.3) is 0 Å². The van der Waals surface area contributed by atoms with Crippen LogP contribution in [-0.2, 0) is 4.79 Å². The van der Waals surface area contributed by atoms with Gasteiger partial charge in [-0.3, -0.25) is 4.79 Å². The van der Waals surface area contributed by atoms with Crippen molar-refractivity contribution in [2.75, 3.05) is 0 Å². The van der Waals surface area contributed by atoms with E-state index in [2.05, 4.69) is 0 Å². The predicted octanol–water partition coefficient (Wildman–Crippen LogP) is 3.27. The fraction of sp³-hybridized carbons (Fsp3) is 0.375.